The van der Waals surface area contributed by atoms with Gasteiger partial charge in [-0.1, -0.05) is 23.7 Å². The number of allylic oxidation sites excluding steroid dienone is 1. The van der Waals surface area contributed by atoms with E-state index in [1.54, 1.807) is 0 Å². The van der Waals surface area contributed by atoms with Gasteiger partial charge in [-0.2, -0.15) is 39.5 Å². The maximum atomic E-state index is 14.9. The second-order valence-electron chi connectivity index (χ2n) is 8.47. The SMILES string of the molecule is CC(NC(=O)c1ccc(/C(F)=C/C(c2ccc(F)c(Cl)c2)C(F)(F)F)cc1C(F)(F)F)C(=O)N(C)CC(F)(F)F. The summed E-state index contributed by atoms with van der Waals surface area (Å²) in [6.07, 6.45) is -15.4. The van der Waals surface area contributed by atoms with E-state index < -0.39 is 87.8 Å². The van der Waals surface area contributed by atoms with Crippen molar-refractivity contribution in [3.8, 4) is 0 Å². The smallest absolute Gasteiger partial charge is 0.341 e. The molecule has 2 unspecified atom stereocenters. The van der Waals surface area contributed by atoms with E-state index in [1.165, 1.54) is 0 Å². The molecule has 4 nitrogen and oxygen atoms in total. The van der Waals surface area contributed by atoms with Crippen molar-refractivity contribution in [2.75, 3.05) is 13.6 Å². The number of rotatable bonds is 7. The fraction of sp³-hybridized carbons (Fsp3) is 0.333. The largest absolute Gasteiger partial charge is 0.417 e. The van der Waals surface area contributed by atoms with Crippen LogP contribution in [0.3, 0.4) is 0 Å². The van der Waals surface area contributed by atoms with Crippen LogP contribution in [-0.4, -0.2) is 48.7 Å². The predicted molar refractivity (Wildman–Crippen MR) is 121 cm³/mol. The number of nitrogens with zero attached hydrogens (tertiary/aromatic N) is 1. The van der Waals surface area contributed by atoms with Crippen molar-refractivity contribution < 1.29 is 57.9 Å². The molecule has 16 heteroatoms. The molecular weight excluding hydrogens is 593 g/mol. The third-order valence-corrected chi connectivity index (χ3v) is 5.61. The molecule has 0 saturated carbocycles. The highest BCUT2D eigenvalue weighted by molar-refractivity contribution is 6.30. The fourth-order valence-corrected chi connectivity index (χ4v) is 3.66. The number of halogens is 12. The number of hydrogen-bond donors (Lipinski definition) is 1. The average molecular weight is 611 g/mol. The van der Waals surface area contributed by atoms with E-state index in [0.717, 1.165) is 14.0 Å². The third kappa shape index (κ3) is 8.57. The summed E-state index contributed by atoms with van der Waals surface area (Å²) < 4.78 is 148. The van der Waals surface area contributed by atoms with Crippen LogP contribution in [0.4, 0.5) is 48.3 Å². The minimum atomic E-state index is -5.35. The molecule has 2 aromatic carbocycles. The van der Waals surface area contributed by atoms with Crippen LogP contribution in [0.5, 0.6) is 0 Å². The maximum absolute atomic E-state index is 14.9. The molecule has 0 aliphatic rings. The Hall–Kier alpha value is -3.36. The number of nitrogens with one attached hydrogen (secondary N) is 1. The number of likely N-dealkylation sites (N-methyl/N-ethyl adjacent to an activating group) is 1. The van der Waals surface area contributed by atoms with Gasteiger partial charge in [-0.3, -0.25) is 9.59 Å². The van der Waals surface area contributed by atoms with Crippen LogP contribution in [0.25, 0.3) is 5.83 Å². The van der Waals surface area contributed by atoms with Crippen LogP contribution in [-0.2, 0) is 11.0 Å². The molecule has 220 valence electrons. The lowest BCUT2D eigenvalue weighted by Gasteiger charge is -2.23. The van der Waals surface area contributed by atoms with Gasteiger partial charge in [-0.15, -0.1) is 0 Å². The maximum Gasteiger partial charge on any atom is 0.417 e. The lowest BCUT2D eigenvalue weighted by atomic mass is 9.95. The summed E-state index contributed by atoms with van der Waals surface area (Å²) in [7, 11) is 0.748. The summed E-state index contributed by atoms with van der Waals surface area (Å²) >= 11 is 5.49. The normalized spacial score (nSPS) is 14.5. The van der Waals surface area contributed by atoms with E-state index in [-0.39, 0.29) is 17.0 Å². The molecule has 2 amide bonds. The van der Waals surface area contributed by atoms with E-state index in [9.17, 15) is 57.9 Å². The quantitative estimate of drug-likeness (QED) is 0.335. The Morgan fingerprint density at radius 1 is 1.00 bits per heavy atom. The summed E-state index contributed by atoms with van der Waals surface area (Å²) in [6.45, 7) is -0.792. The van der Waals surface area contributed by atoms with Gasteiger partial charge in [0.15, 0.2) is 0 Å². The molecule has 0 bridgehead atoms. The number of amides is 2. The number of carbonyl (C=O) groups excluding carboxylic acids is 2. The number of benzene rings is 2. The summed E-state index contributed by atoms with van der Waals surface area (Å²) in [5.41, 5.74) is -4.71. The Kier molecular flexibility index (Phi) is 9.87. The molecule has 2 rings (SSSR count). The second-order valence-corrected chi connectivity index (χ2v) is 8.88. The van der Waals surface area contributed by atoms with E-state index in [2.05, 4.69) is 0 Å². The van der Waals surface area contributed by atoms with Gasteiger partial charge in [0.25, 0.3) is 5.91 Å². The Morgan fingerprint density at radius 3 is 2.10 bits per heavy atom. The van der Waals surface area contributed by atoms with Crippen LogP contribution in [0.2, 0.25) is 5.02 Å². The first kappa shape index (κ1) is 32.8. The van der Waals surface area contributed by atoms with E-state index in [4.69, 9.17) is 11.6 Å². The van der Waals surface area contributed by atoms with Crippen molar-refractivity contribution in [3.63, 3.8) is 0 Å². The molecular formula is C24H18ClF11N2O2. The van der Waals surface area contributed by atoms with E-state index in [0.29, 0.717) is 30.3 Å². The van der Waals surface area contributed by atoms with E-state index in [1.807, 2.05) is 5.32 Å². The third-order valence-electron chi connectivity index (χ3n) is 5.32. The molecule has 1 N–H and O–H groups in total. The highest BCUT2D eigenvalue weighted by Gasteiger charge is 2.41. The molecule has 0 aromatic heterocycles. The Morgan fingerprint density at radius 2 is 1.60 bits per heavy atom. The van der Waals surface area contributed by atoms with Gasteiger partial charge in [0.2, 0.25) is 5.91 Å². The van der Waals surface area contributed by atoms with Crippen LogP contribution < -0.4 is 5.32 Å². The van der Waals surface area contributed by atoms with Gasteiger partial charge in [0.1, 0.15) is 30.1 Å². The van der Waals surface area contributed by atoms with Crippen LogP contribution >= 0.6 is 11.6 Å². The highest BCUT2D eigenvalue weighted by Crippen LogP contribution is 2.40. The van der Waals surface area contributed by atoms with Crippen LogP contribution in [0.15, 0.2) is 42.5 Å². The van der Waals surface area contributed by atoms with Gasteiger partial charge in [0.05, 0.1) is 16.1 Å². The summed E-state index contributed by atoms with van der Waals surface area (Å²) in [6, 6.07) is 1.14. The molecule has 40 heavy (non-hydrogen) atoms. The molecule has 0 spiro atoms. The molecule has 0 saturated heterocycles. The summed E-state index contributed by atoms with van der Waals surface area (Å²) in [5.74, 6) is -8.45. The lowest BCUT2D eigenvalue weighted by Crippen LogP contribution is -2.48. The number of hydrogen-bond acceptors (Lipinski definition) is 2. The van der Waals surface area contributed by atoms with Crippen molar-refractivity contribution in [1.82, 2.24) is 10.2 Å². The van der Waals surface area contributed by atoms with Crippen LogP contribution in [0.1, 0.15) is 39.9 Å². The molecule has 2 aromatic rings. The van der Waals surface area contributed by atoms with Crippen molar-refractivity contribution in [2.45, 2.75) is 37.4 Å². The average Bonchev–Trinajstić information content (AvgIpc) is 2.80. The van der Waals surface area contributed by atoms with Crippen molar-refractivity contribution in [3.05, 3.63) is 75.6 Å². The van der Waals surface area contributed by atoms with Crippen LogP contribution in [0, 0.1) is 5.82 Å². The monoisotopic (exact) mass is 610 g/mol. The minimum absolute atomic E-state index is 0.0497. The van der Waals surface area contributed by atoms with E-state index >= 15 is 0 Å². The zero-order valence-electron chi connectivity index (χ0n) is 20.2. The molecule has 0 aliphatic heterocycles. The van der Waals surface area contributed by atoms with Crippen molar-refractivity contribution in [1.29, 1.82) is 0 Å². The van der Waals surface area contributed by atoms with Gasteiger partial charge in [-0.25, -0.2) is 8.78 Å². The Balaban J connectivity index is 2.44. The topological polar surface area (TPSA) is 49.4 Å². The molecule has 2 atom stereocenters. The first-order chi connectivity index (χ1) is 18.1. The summed E-state index contributed by atoms with van der Waals surface area (Å²) in [5, 5.41) is 1.09. The van der Waals surface area contributed by atoms with Gasteiger partial charge < -0.3 is 10.2 Å². The first-order valence-electron chi connectivity index (χ1n) is 10.8. The number of alkyl halides is 9. The molecule has 0 radical (unpaired) electrons. The second kappa shape index (κ2) is 12.0. The molecule has 0 aliphatic carbocycles. The highest BCUT2D eigenvalue weighted by atomic mass is 35.5. The molecule has 0 fully saturated rings. The summed E-state index contributed by atoms with van der Waals surface area (Å²) in [4.78, 5) is 24.7. The molecule has 0 heterocycles. The van der Waals surface area contributed by atoms with Gasteiger partial charge >= 0.3 is 18.5 Å². The Labute approximate surface area is 224 Å². The zero-order valence-corrected chi connectivity index (χ0v) is 21.0. The number of carbonyl (C=O) groups is 2. The predicted octanol–water partition coefficient (Wildman–Crippen LogP) is 7.29. The minimum Gasteiger partial charge on any atom is -0.341 e. The van der Waals surface area contributed by atoms with Gasteiger partial charge in [-0.05, 0) is 42.8 Å². The fourth-order valence-electron chi connectivity index (χ4n) is 3.47. The standard InChI is InChI=1S/C24H18ClF11N2O2/c1-11(21(40)38(2)10-22(28,29)30)37-20(39)14-5-3-13(7-16(14)24(34,35)36)19(27)9-15(23(31,32)33)12-4-6-18(26)17(25)8-12/h3-9,11,15H,10H2,1-2H3,(H,37,39)/b19-9-. The van der Waals surface area contributed by atoms with Crippen molar-refractivity contribution >= 4 is 29.2 Å². The Bertz CT molecular complexity index is 1290. The first-order valence-corrected chi connectivity index (χ1v) is 11.2. The van der Waals surface area contributed by atoms with Gasteiger partial charge in [0, 0.05) is 12.6 Å². The zero-order chi connectivity index (χ0) is 30.8. The van der Waals surface area contributed by atoms with Crippen molar-refractivity contribution in [2.24, 2.45) is 0 Å². The lowest BCUT2D eigenvalue weighted by molar-refractivity contribution is -0.159.